The molecule has 0 saturated heterocycles. The van der Waals surface area contributed by atoms with Crippen LogP contribution in [0.4, 0.5) is 5.69 Å². The average Bonchev–Trinajstić information content (AvgIpc) is 2.13. The van der Waals surface area contributed by atoms with Gasteiger partial charge in [0.1, 0.15) is 4.90 Å². The maximum atomic E-state index is 11.3. The standard InChI is InChI=1S/C7H6ClNO6S2/c1-16(12,13)5-3-2-4-6(17(8,14)15)7(5)9(10)11/h2-4H,1H3. The Kier molecular flexibility index (Phi) is 3.46. The van der Waals surface area contributed by atoms with Crippen molar-refractivity contribution in [2.75, 3.05) is 6.26 Å². The lowest BCUT2D eigenvalue weighted by Crippen LogP contribution is -2.06. The molecular formula is C7H6ClNO6S2. The summed E-state index contributed by atoms with van der Waals surface area (Å²) in [5.41, 5.74) is -1.04. The molecule has 1 rings (SSSR count). The highest BCUT2D eigenvalue weighted by atomic mass is 35.7. The van der Waals surface area contributed by atoms with E-state index in [0.717, 1.165) is 24.5 Å². The minimum atomic E-state index is -4.40. The van der Waals surface area contributed by atoms with Gasteiger partial charge in [-0.1, -0.05) is 6.07 Å². The van der Waals surface area contributed by atoms with Gasteiger partial charge in [0, 0.05) is 16.9 Å². The van der Waals surface area contributed by atoms with Crippen LogP contribution in [-0.4, -0.2) is 28.0 Å². The van der Waals surface area contributed by atoms with Crippen molar-refractivity contribution in [2.24, 2.45) is 0 Å². The van der Waals surface area contributed by atoms with Crippen molar-refractivity contribution in [1.82, 2.24) is 0 Å². The zero-order valence-corrected chi connectivity index (χ0v) is 10.7. The third kappa shape index (κ3) is 2.93. The molecule has 10 heteroatoms. The van der Waals surface area contributed by atoms with Crippen molar-refractivity contribution in [2.45, 2.75) is 9.79 Å². The summed E-state index contributed by atoms with van der Waals surface area (Å²) in [5.74, 6) is 0. The predicted molar refractivity (Wildman–Crippen MR) is 59.2 cm³/mol. The SMILES string of the molecule is CS(=O)(=O)c1cccc(S(=O)(=O)Cl)c1[N+](=O)[O-]. The molecule has 1 aromatic carbocycles. The van der Waals surface area contributed by atoms with Crippen LogP contribution < -0.4 is 0 Å². The number of halogens is 1. The van der Waals surface area contributed by atoms with Crippen molar-refractivity contribution < 1.29 is 21.8 Å². The molecule has 0 aromatic heterocycles. The molecule has 0 aliphatic heterocycles. The maximum Gasteiger partial charge on any atom is 0.307 e. The fourth-order valence-electron chi connectivity index (χ4n) is 1.18. The molecule has 0 aliphatic carbocycles. The minimum Gasteiger partial charge on any atom is -0.258 e. The fraction of sp³-hybridized carbons (Fsp3) is 0.143. The van der Waals surface area contributed by atoms with Crippen LogP contribution in [-0.2, 0) is 18.9 Å². The van der Waals surface area contributed by atoms with E-state index in [4.69, 9.17) is 10.7 Å². The van der Waals surface area contributed by atoms with Crippen LogP contribution in [0.3, 0.4) is 0 Å². The van der Waals surface area contributed by atoms with E-state index in [0.29, 0.717) is 0 Å². The van der Waals surface area contributed by atoms with Gasteiger partial charge >= 0.3 is 5.69 Å². The van der Waals surface area contributed by atoms with Gasteiger partial charge in [-0.3, -0.25) is 10.1 Å². The number of para-hydroxylation sites is 1. The molecule has 0 aliphatic rings. The Balaban J connectivity index is 3.86. The number of hydrogen-bond donors (Lipinski definition) is 0. The molecule has 94 valence electrons. The quantitative estimate of drug-likeness (QED) is 0.466. The van der Waals surface area contributed by atoms with E-state index in [2.05, 4.69) is 0 Å². The van der Waals surface area contributed by atoms with E-state index in [1.165, 1.54) is 0 Å². The lowest BCUT2D eigenvalue weighted by atomic mass is 10.3. The maximum absolute atomic E-state index is 11.3. The van der Waals surface area contributed by atoms with Gasteiger partial charge in [0.2, 0.25) is 0 Å². The van der Waals surface area contributed by atoms with Crippen molar-refractivity contribution >= 4 is 35.3 Å². The molecule has 1 aromatic rings. The van der Waals surface area contributed by atoms with E-state index in [-0.39, 0.29) is 0 Å². The van der Waals surface area contributed by atoms with Crippen molar-refractivity contribution in [3.63, 3.8) is 0 Å². The molecule has 0 amide bonds. The Morgan fingerprint density at radius 1 is 1.18 bits per heavy atom. The van der Waals surface area contributed by atoms with E-state index in [1.807, 2.05) is 0 Å². The molecule has 0 unspecified atom stereocenters. The first-order chi connectivity index (χ1) is 7.55. The number of rotatable bonds is 3. The highest BCUT2D eigenvalue weighted by molar-refractivity contribution is 8.13. The topological polar surface area (TPSA) is 111 Å². The molecule has 0 fully saturated rings. The summed E-state index contributed by atoms with van der Waals surface area (Å²) in [7, 11) is -3.32. The zero-order chi connectivity index (χ0) is 13.4. The molecule has 0 saturated carbocycles. The largest absolute Gasteiger partial charge is 0.307 e. The summed E-state index contributed by atoms with van der Waals surface area (Å²) in [6.45, 7) is 0. The monoisotopic (exact) mass is 299 g/mol. The first-order valence-electron chi connectivity index (χ1n) is 3.97. The van der Waals surface area contributed by atoms with Gasteiger partial charge in [0.25, 0.3) is 9.05 Å². The molecule has 0 atom stereocenters. The summed E-state index contributed by atoms with van der Waals surface area (Å²) in [6.07, 6.45) is 0.736. The normalized spacial score (nSPS) is 12.4. The molecular weight excluding hydrogens is 294 g/mol. The van der Waals surface area contributed by atoms with Crippen molar-refractivity contribution in [3.8, 4) is 0 Å². The minimum absolute atomic E-state index is 0.691. The van der Waals surface area contributed by atoms with Crippen LogP contribution in [0.15, 0.2) is 28.0 Å². The van der Waals surface area contributed by atoms with Gasteiger partial charge in [-0.15, -0.1) is 0 Å². The molecule has 0 radical (unpaired) electrons. The summed E-state index contributed by atoms with van der Waals surface area (Å²) < 4.78 is 44.8. The first kappa shape index (κ1) is 13.9. The number of sulfone groups is 1. The third-order valence-electron chi connectivity index (χ3n) is 1.81. The second-order valence-electron chi connectivity index (χ2n) is 3.07. The molecule has 7 nitrogen and oxygen atoms in total. The van der Waals surface area contributed by atoms with E-state index in [1.54, 1.807) is 0 Å². The third-order valence-corrected chi connectivity index (χ3v) is 4.29. The predicted octanol–water partition coefficient (Wildman–Crippen LogP) is 0.926. The number of benzene rings is 1. The Labute approximate surface area is 102 Å². The van der Waals surface area contributed by atoms with Gasteiger partial charge in [-0.25, -0.2) is 16.8 Å². The number of nitro groups is 1. The van der Waals surface area contributed by atoms with Crippen molar-refractivity contribution in [1.29, 1.82) is 0 Å². The van der Waals surface area contributed by atoms with Gasteiger partial charge in [-0.2, -0.15) is 0 Å². The van der Waals surface area contributed by atoms with Crippen LogP contribution in [0, 0.1) is 10.1 Å². The second-order valence-corrected chi connectivity index (χ2v) is 7.59. The zero-order valence-electron chi connectivity index (χ0n) is 8.32. The van der Waals surface area contributed by atoms with Gasteiger partial charge in [0.05, 0.1) is 4.92 Å². The van der Waals surface area contributed by atoms with Gasteiger partial charge in [-0.05, 0) is 12.1 Å². The molecule has 0 N–H and O–H groups in total. The summed E-state index contributed by atoms with van der Waals surface area (Å²) in [6, 6.07) is 2.88. The Morgan fingerprint density at radius 3 is 2.00 bits per heavy atom. The Hall–Kier alpha value is -1.19. The van der Waals surface area contributed by atoms with Crippen LogP contribution in [0.25, 0.3) is 0 Å². The van der Waals surface area contributed by atoms with Gasteiger partial charge in [0.15, 0.2) is 14.7 Å². The van der Waals surface area contributed by atoms with Crippen LogP contribution in [0.5, 0.6) is 0 Å². The van der Waals surface area contributed by atoms with Crippen molar-refractivity contribution in [3.05, 3.63) is 28.3 Å². The highest BCUT2D eigenvalue weighted by Gasteiger charge is 2.31. The molecule has 0 spiro atoms. The smallest absolute Gasteiger partial charge is 0.258 e. The Morgan fingerprint density at radius 2 is 1.65 bits per heavy atom. The highest BCUT2D eigenvalue weighted by Crippen LogP contribution is 2.32. The first-order valence-corrected chi connectivity index (χ1v) is 8.17. The van der Waals surface area contributed by atoms with Crippen LogP contribution in [0.2, 0.25) is 0 Å². The van der Waals surface area contributed by atoms with E-state index >= 15 is 0 Å². The summed E-state index contributed by atoms with van der Waals surface area (Å²) in [5, 5.41) is 10.8. The van der Waals surface area contributed by atoms with Crippen LogP contribution >= 0.6 is 10.7 Å². The molecule has 17 heavy (non-hydrogen) atoms. The number of hydrogen-bond acceptors (Lipinski definition) is 6. The molecule has 0 heterocycles. The summed E-state index contributed by atoms with van der Waals surface area (Å²) in [4.78, 5) is 8.13. The van der Waals surface area contributed by atoms with Gasteiger partial charge < -0.3 is 0 Å². The molecule has 0 bridgehead atoms. The number of nitro benzene ring substituents is 1. The lowest BCUT2D eigenvalue weighted by Gasteiger charge is -2.03. The van der Waals surface area contributed by atoms with Crippen LogP contribution in [0.1, 0.15) is 0 Å². The Bertz CT molecular complexity index is 628. The lowest BCUT2D eigenvalue weighted by molar-refractivity contribution is -0.390. The van der Waals surface area contributed by atoms with E-state index in [9.17, 15) is 26.9 Å². The fourth-order valence-corrected chi connectivity index (χ4v) is 3.13. The second kappa shape index (κ2) is 4.24. The number of nitrogens with zero attached hydrogens (tertiary/aromatic N) is 1. The van der Waals surface area contributed by atoms with E-state index < -0.39 is 39.3 Å². The summed E-state index contributed by atoms with van der Waals surface area (Å²) >= 11 is 0. The average molecular weight is 300 g/mol.